The molecule has 0 unspecified atom stereocenters. The molecule has 0 heterocycles. The van der Waals surface area contributed by atoms with E-state index in [9.17, 15) is 14.5 Å². The summed E-state index contributed by atoms with van der Waals surface area (Å²) in [5, 5.41) is 10.9. The molecule has 0 N–H and O–H groups in total. The van der Waals surface area contributed by atoms with Crippen molar-refractivity contribution >= 4 is 17.4 Å². The molecule has 0 atom stereocenters. The molecule has 0 aliphatic rings. The Hall–Kier alpha value is -1.88. The highest BCUT2D eigenvalue weighted by Gasteiger charge is 2.20. The number of benzene rings is 2. The van der Waals surface area contributed by atoms with E-state index in [1.165, 1.54) is 17.8 Å². The van der Waals surface area contributed by atoms with E-state index in [4.69, 9.17) is 0 Å². The number of nitro groups is 1. The van der Waals surface area contributed by atoms with Crippen molar-refractivity contribution in [3.8, 4) is 0 Å². The van der Waals surface area contributed by atoms with E-state index in [1.807, 2.05) is 32.0 Å². The Morgan fingerprint density at radius 1 is 1.16 bits per heavy atom. The summed E-state index contributed by atoms with van der Waals surface area (Å²) in [5.74, 6) is -0.805. The highest BCUT2D eigenvalue weighted by molar-refractivity contribution is 7.99. The van der Waals surface area contributed by atoms with Crippen molar-refractivity contribution in [1.29, 1.82) is 0 Å². The molecule has 0 radical (unpaired) electrons. The molecule has 0 saturated carbocycles. The largest absolute Gasteiger partial charge is 0.318 e. The standard InChI is InChI=1S/C14H12FNO2S/c1-9-6-7-10(2)13(8-9)19-12-5-3-4-11(15)14(12)16(17)18/h3-8H,1-2H3. The van der Waals surface area contributed by atoms with Crippen molar-refractivity contribution in [1.82, 2.24) is 0 Å². The lowest BCUT2D eigenvalue weighted by Crippen LogP contribution is -1.95. The summed E-state index contributed by atoms with van der Waals surface area (Å²) in [6, 6.07) is 10.0. The average Bonchev–Trinajstić information content (AvgIpc) is 2.33. The maximum atomic E-state index is 13.5. The summed E-state index contributed by atoms with van der Waals surface area (Å²) >= 11 is 1.22. The number of para-hydroxylation sites is 1. The number of halogens is 1. The Bertz CT molecular complexity index is 643. The van der Waals surface area contributed by atoms with Crippen LogP contribution < -0.4 is 0 Å². The zero-order chi connectivity index (χ0) is 14.0. The third kappa shape index (κ3) is 2.93. The van der Waals surface area contributed by atoms with Crippen LogP contribution in [-0.2, 0) is 0 Å². The summed E-state index contributed by atoms with van der Waals surface area (Å²) in [6.45, 7) is 3.87. The number of hydrogen-bond donors (Lipinski definition) is 0. The first-order valence-electron chi connectivity index (χ1n) is 5.67. The molecular weight excluding hydrogens is 265 g/mol. The van der Waals surface area contributed by atoms with Crippen molar-refractivity contribution in [2.24, 2.45) is 0 Å². The fourth-order valence-electron chi connectivity index (χ4n) is 1.69. The van der Waals surface area contributed by atoms with Crippen molar-refractivity contribution < 1.29 is 9.31 Å². The lowest BCUT2D eigenvalue weighted by atomic mass is 10.2. The van der Waals surface area contributed by atoms with Crippen LogP contribution >= 0.6 is 11.8 Å². The van der Waals surface area contributed by atoms with Gasteiger partial charge in [0, 0.05) is 4.90 Å². The lowest BCUT2D eigenvalue weighted by Gasteiger charge is -2.07. The van der Waals surface area contributed by atoms with Gasteiger partial charge in [-0.2, -0.15) is 4.39 Å². The Morgan fingerprint density at radius 3 is 2.58 bits per heavy atom. The van der Waals surface area contributed by atoms with Crippen molar-refractivity contribution in [2.45, 2.75) is 23.6 Å². The lowest BCUT2D eigenvalue weighted by molar-refractivity contribution is -0.390. The first-order valence-corrected chi connectivity index (χ1v) is 6.48. The molecule has 2 rings (SSSR count). The first-order chi connectivity index (χ1) is 8.99. The van der Waals surface area contributed by atoms with E-state index in [1.54, 1.807) is 6.07 Å². The predicted octanol–water partition coefficient (Wildman–Crippen LogP) is 4.50. The van der Waals surface area contributed by atoms with E-state index >= 15 is 0 Å². The van der Waals surface area contributed by atoms with E-state index in [0.717, 1.165) is 22.1 Å². The molecule has 0 aliphatic heterocycles. The van der Waals surface area contributed by atoms with Crippen LogP contribution in [0.2, 0.25) is 0 Å². The Kier molecular flexibility index (Phi) is 3.85. The molecule has 98 valence electrons. The molecule has 0 spiro atoms. The van der Waals surface area contributed by atoms with E-state index in [0.29, 0.717) is 4.90 Å². The van der Waals surface area contributed by atoms with Gasteiger partial charge in [-0.15, -0.1) is 0 Å². The van der Waals surface area contributed by atoms with Crippen LogP contribution in [0.1, 0.15) is 11.1 Å². The molecule has 0 fully saturated rings. The smallest absolute Gasteiger partial charge is 0.258 e. The second-order valence-electron chi connectivity index (χ2n) is 4.21. The number of nitro benzene ring substituents is 1. The van der Waals surface area contributed by atoms with Crippen LogP contribution in [0.25, 0.3) is 0 Å². The minimum absolute atomic E-state index is 0.318. The number of hydrogen-bond acceptors (Lipinski definition) is 3. The molecule has 0 saturated heterocycles. The topological polar surface area (TPSA) is 43.1 Å². The molecule has 0 bridgehead atoms. The van der Waals surface area contributed by atoms with Crippen LogP contribution in [0, 0.1) is 29.8 Å². The monoisotopic (exact) mass is 277 g/mol. The molecule has 2 aromatic rings. The summed E-state index contributed by atoms with van der Waals surface area (Å²) < 4.78 is 13.5. The van der Waals surface area contributed by atoms with Crippen molar-refractivity contribution in [3.05, 3.63) is 63.5 Å². The number of aryl methyl sites for hydroxylation is 2. The van der Waals surface area contributed by atoms with Gasteiger partial charge >= 0.3 is 5.69 Å². The Labute approximate surface area is 114 Å². The maximum absolute atomic E-state index is 13.5. The highest BCUT2D eigenvalue weighted by Crippen LogP contribution is 2.37. The van der Waals surface area contributed by atoms with Crippen molar-refractivity contribution in [2.75, 3.05) is 0 Å². The average molecular weight is 277 g/mol. The van der Waals surface area contributed by atoms with Gasteiger partial charge in [0.1, 0.15) is 0 Å². The van der Waals surface area contributed by atoms with Crippen LogP contribution in [0.3, 0.4) is 0 Å². The van der Waals surface area contributed by atoms with Gasteiger partial charge in [-0.3, -0.25) is 10.1 Å². The summed E-state index contributed by atoms with van der Waals surface area (Å²) in [7, 11) is 0. The van der Waals surface area contributed by atoms with Crippen LogP contribution in [0.4, 0.5) is 10.1 Å². The molecule has 0 aliphatic carbocycles. The summed E-state index contributed by atoms with van der Waals surface area (Å²) in [5.41, 5.74) is 1.61. The van der Waals surface area contributed by atoms with Gasteiger partial charge in [-0.25, -0.2) is 0 Å². The summed E-state index contributed by atoms with van der Waals surface area (Å²) in [6.07, 6.45) is 0. The second kappa shape index (κ2) is 5.40. The number of rotatable bonds is 3. The van der Waals surface area contributed by atoms with Crippen LogP contribution in [-0.4, -0.2) is 4.92 Å². The first kappa shape index (κ1) is 13.5. The zero-order valence-electron chi connectivity index (χ0n) is 10.5. The molecule has 2 aromatic carbocycles. The minimum Gasteiger partial charge on any atom is -0.258 e. The third-order valence-electron chi connectivity index (χ3n) is 2.70. The fraction of sp³-hybridized carbons (Fsp3) is 0.143. The van der Waals surface area contributed by atoms with Gasteiger partial charge in [0.15, 0.2) is 0 Å². The molecule has 3 nitrogen and oxygen atoms in total. The second-order valence-corrected chi connectivity index (χ2v) is 5.30. The Morgan fingerprint density at radius 2 is 1.89 bits per heavy atom. The predicted molar refractivity (Wildman–Crippen MR) is 73.1 cm³/mol. The zero-order valence-corrected chi connectivity index (χ0v) is 11.3. The molecule has 19 heavy (non-hydrogen) atoms. The Balaban J connectivity index is 2.46. The molecular formula is C14H12FNO2S. The van der Waals surface area contributed by atoms with E-state index < -0.39 is 16.4 Å². The van der Waals surface area contributed by atoms with Gasteiger partial charge in [-0.1, -0.05) is 30.0 Å². The molecule has 5 heteroatoms. The van der Waals surface area contributed by atoms with Gasteiger partial charge in [-0.05, 0) is 43.2 Å². The number of nitrogens with zero attached hydrogens (tertiary/aromatic N) is 1. The van der Waals surface area contributed by atoms with Gasteiger partial charge in [0.2, 0.25) is 5.82 Å². The van der Waals surface area contributed by atoms with Gasteiger partial charge < -0.3 is 0 Å². The van der Waals surface area contributed by atoms with Gasteiger partial charge in [0.25, 0.3) is 0 Å². The minimum atomic E-state index is -0.805. The molecule has 0 amide bonds. The highest BCUT2D eigenvalue weighted by atomic mass is 32.2. The SMILES string of the molecule is Cc1ccc(C)c(Sc2cccc(F)c2[N+](=O)[O-])c1. The van der Waals surface area contributed by atoms with Gasteiger partial charge in [0.05, 0.1) is 9.82 Å². The fourth-order valence-corrected chi connectivity index (χ4v) is 2.82. The maximum Gasteiger partial charge on any atom is 0.318 e. The quantitative estimate of drug-likeness (QED) is 0.612. The van der Waals surface area contributed by atoms with Crippen molar-refractivity contribution in [3.63, 3.8) is 0 Å². The summed E-state index contributed by atoms with van der Waals surface area (Å²) in [4.78, 5) is 11.5. The van der Waals surface area contributed by atoms with E-state index in [-0.39, 0.29) is 0 Å². The van der Waals surface area contributed by atoms with Crippen LogP contribution in [0.5, 0.6) is 0 Å². The van der Waals surface area contributed by atoms with E-state index in [2.05, 4.69) is 0 Å². The molecule has 0 aromatic heterocycles. The van der Waals surface area contributed by atoms with Crippen LogP contribution in [0.15, 0.2) is 46.2 Å². The third-order valence-corrected chi connectivity index (χ3v) is 3.90. The normalized spacial score (nSPS) is 10.5.